The first kappa shape index (κ1) is 14.1. The minimum atomic E-state index is -0.519. The number of benzene rings is 1. The lowest BCUT2D eigenvalue weighted by Crippen LogP contribution is -2.35. The van der Waals surface area contributed by atoms with E-state index in [1.165, 1.54) is 6.07 Å². The van der Waals surface area contributed by atoms with Gasteiger partial charge in [-0.15, -0.1) is 0 Å². The Hall–Kier alpha value is -0.960. The van der Waals surface area contributed by atoms with Crippen LogP contribution in [-0.4, -0.2) is 13.1 Å². The third-order valence-electron chi connectivity index (χ3n) is 3.42. The summed E-state index contributed by atoms with van der Waals surface area (Å²) in [5.74, 6) is -0.185. The Morgan fingerprint density at radius 1 is 1.18 bits per heavy atom. The molecule has 96 valence electrons. The van der Waals surface area contributed by atoms with Crippen molar-refractivity contribution in [3.63, 3.8) is 0 Å². The molecule has 0 aliphatic rings. The molecule has 0 fully saturated rings. The van der Waals surface area contributed by atoms with E-state index in [4.69, 9.17) is 0 Å². The second-order valence-electron chi connectivity index (χ2n) is 4.93. The predicted octanol–water partition coefficient (Wildman–Crippen LogP) is 3.39. The van der Waals surface area contributed by atoms with E-state index in [0.29, 0.717) is 29.9 Å². The molecule has 0 radical (unpaired) electrons. The largest absolute Gasteiger partial charge is 0.317 e. The Bertz CT molecular complexity index is 363. The van der Waals surface area contributed by atoms with Crippen molar-refractivity contribution in [2.75, 3.05) is 7.05 Å². The number of nitrogens with one attached hydrogen (secondary N) is 1. The van der Waals surface area contributed by atoms with Gasteiger partial charge in [-0.2, -0.15) is 0 Å². The highest BCUT2D eigenvalue weighted by atomic mass is 19.1. The van der Waals surface area contributed by atoms with Gasteiger partial charge < -0.3 is 5.32 Å². The summed E-state index contributed by atoms with van der Waals surface area (Å²) in [6.07, 6.45) is 0.631. The molecule has 0 spiro atoms. The van der Waals surface area contributed by atoms with Crippen LogP contribution in [0.3, 0.4) is 0 Å². The van der Waals surface area contributed by atoms with Crippen LogP contribution in [0, 0.1) is 23.5 Å². The Kier molecular flexibility index (Phi) is 5.06. The molecule has 3 heteroatoms. The first-order chi connectivity index (χ1) is 7.95. The maximum Gasteiger partial charge on any atom is 0.129 e. The monoisotopic (exact) mass is 241 g/mol. The molecule has 2 atom stereocenters. The molecule has 1 nitrogen and oxygen atoms in total. The van der Waals surface area contributed by atoms with Gasteiger partial charge in [0.25, 0.3) is 0 Å². The second kappa shape index (κ2) is 6.10. The molecule has 0 saturated carbocycles. The van der Waals surface area contributed by atoms with Crippen molar-refractivity contribution < 1.29 is 8.78 Å². The van der Waals surface area contributed by atoms with Gasteiger partial charge in [-0.25, -0.2) is 8.78 Å². The average Bonchev–Trinajstić information content (AvgIpc) is 2.26. The van der Waals surface area contributed by atoms with E-state index in [-0.39, 0.29) is 0 Å². The summed E-state index contributed by atoms with van der Waals surface area (Å²) in [5, 5.41) is 3.20. The van der Waals surface area contributed by atoms with E-state index in [9.17, 15) is 8.78 Å². The summed E-state index contributed by atoms with van der Waals surface area (Å²) in [5.41, 5.74) is 0.590. The molecule has 0 saturated heterocycles. The summed E-state index contributed by atoms with van der Waals surface area (Å²) >= 11 is 0. The summed E-state index contributed by atoms with van der Waals surface area (Å²) in [7, 11) is 1.90. The number of hydrogen-bond acceptors (Lipinski definition) is 1. The van der Waals surface area contributed by atoms with E-state index >= 15 is 0 Å². The van der Waals surface area contributed by atoms with Gasteiger partial charge in [0.2, 0.25) is 0 Å². The summed E-state index contributed by atoms with van der Waals surface area (Å²) in [6.45, 7) is 6.34. The lowest BCUT2D eigenvalue weighted by atomic mass is 9.84. The summed E-state index contributed by atoms with van der Waals surface area (Å²) in [6, 6.07) is 4.12. The van der Waals surface area contributed by atoms with E-state index in [2.05, 4.69) is 26.1 Å². The minimum Gasteiger partial charge on any atom is -0.317 e. The van der Waals surface area contributed by atoms with Crippen molar-refractivity contribution in [2.24, 2.45) is 11.8 Å². The number of halogens is 2. The average molecular weight is 241 g/mol. The third kappa shape index (κ3) is 3.77. The molecule has 1 rings (SSSR count). The molecule has 1 aromatic rings. The van der Waals surface area contributed by atoms with Crippen molar-refractivity contribution in [3.8, 4) is 0 Å². The molecule has 1 N–H and O–H groups in total. The quantitative estimate of drug-likeness (QED) is 0.833. The Balaban J connectivity index is 2.86. The molecule has 0 bridgehead atoms. The van der Waals surface area contributed by atoms with Crippen molar-refractivity contribution in [1.82, 2.24) is 5.32 Å². The number of rotatable bonds is 5. The van der Waals surface area contributed by atoms with Crippen molar-refractivity contribution >= 4 is 0 Å². The standard InChI is InChI=1S/C14H21F2N/c1-9(2)13(10(3)17-4)7-11-5-6-12(15)8-14(11)16/h5-6,8-10,13,17H,7H2,1-4H3. The predicted molar refractivity (Wildman–Crippen MR) is 66.9 cm³/mol. The summed E-state index contributed by atoms with van der Waals surface area (Å²) < 4.78 is 26.4. The van der Waals surface area contributed by atoms with Gasteiger partial charge in [-0.1, -0.05) is 19.9 Å². The van der Waals surface area contributed by atoms with E-state index in [0.717, 1.165) is 6.07 Å². The zero-order chi connectivity index (χ0) is 13.0. The molecule has 0 aliphatic carbocycles. The topological polar surface area (TPSA) is 12.0 Å². The van der Waals surface area contributed by atoms with Crippen LogP contribution in [0.15, 0.2) is 18.2 Å². The van der Waals surface area contributed by atoms with Crippen LogP contribution < -0.4 is 5.32 Å². The Labute approximate surface area is 102 Å². The zero-order valence-electron chi connectivity index (χ0n) is 10.9. The Morgan fingerprint density at radius 2 is 1.82 bits per heavy atom. The molecule has 1 aromatic carbocycles. The second-order valence-corrected chi connectivity index (χ2v) is 4.93. The lowest BCUT2D eigenvalue weighted by Gasteiger charge is -2.27. The first-order valence-corrected chi connectivity index (χ1v) is 6.07. The van der Waals surface area contributed by atoms with E-state index in [1.807, 2.05) is 7.05 Å². The van der Waals surface area contributed by atoms with Crippen molar-refractivity contribution in [3.05, 3.63) is 35.4 Å². The highest BCUT2D eigenvalue weighted by Gasteiger charge is 2.21. The fourth-order valence-corrected chi connectivity index (χ4v) is 2.15. The van der Waals surface area contributed by atoms with Crippen molar-refractivity contribution in [2.45, 2.75) is 33.2 Å². The smallest absolute Gasteiger partial charge is 0.129 e. The van der Waals surface area contributed by atoms with Crippen LogP contribution in [0.25, 0.3) is 0 Å². The van der Waals surface area contributed by atoms with Gasteiger partial charge >= 0.3 is 0 Å². The van der Waals surface area contributed by atoms with Gasteiger partial charge in [0.05, 0.1) is 0 Å². The van der Waals surface area contributed by atoms with Crippen LogP contribution in [0.2, 0.25) is 0 Å². The fraction of sp³-hybridized carbons (Fsp3) is 0.571. The maximum absolute atomic E-state index is 13.6. The first-order valence-electron chi connectivity index (χ1n) is 6.07. The fourth-order valence-electron chi connectivity index (χ4n) is 2.15. The van der Waals surface area contributed by atoms with Crippen LogP contribution in [0.1, 0.15) is 26.3 Å². The lowest BCUT2D eigenvalue weighted by molar-refractivity contribution is 0.297. The molecule has 2 unspecified atom stereocenters. The highest BCUT2D eigenvalue weighted by molar-refractivity contribution is 5.19. The van der Waals surface area contributed by atoms with Gasteiger partial charge in [0.15, 0.2) is 0 Å². The van der Waals surface area contributed by atoms with E-state index < -0.39 is 11.6 Å². The van der Waals surface area contributed by atoms with Gasteiger partial charge in [0.1, 0.15) is 11.6 Å². The molecule has 17 heavy (non-hydrogen) atoms. The third-order valence-corrected chi connectivity index (χ3v) is 3.42. The van der Waals surface area contributed by atoms with Crippen LogP contribution in [0.5, 0.6) is 0 Å². The van der Waals surface area contributed by atoms with Crippen LogP contribution in [0.4, 0.5) is 8.78 Å². The van der Waals surface area contributed by atoms with Gasteiger partial charge in [-0.05, 0) is 43.9 Å². The van der Waals surface area contributed by atoms with Crippen LogP contribution in [-0.2, 0) is 6.42 Å². The normalized spacial score (nSPS) is 15.0. The molecule has 0 aliphatic heterocycles. The SMILES string of the molecule is CNC(C)C(Cc1ccc(F)cc1F)C(C)C. The van der Waals surface area contributed by atoms with E-state index in [1.54, 1.807) is 6.07 Å². The maximum atomic E-state index is 13.6. The molecular formula is C14H21F2N. The molecule has 0 heterocycles. The Morgan fingerprint density at radius 3 is 2.29 bits per heavy atom. The molecule has 0 aromatic heterocycles. The minimum absolute atomic E-state index is 0.305. The molecule has 0 amide bonds. The zero-order valence-corrected chi connectivity index (χ0v) is 10.9. The van der Waals surface area contributed by atoms with Crippen molar-refractivity contribution in [1.29, 1.82) is 0 Å². The molecular weight excluding hydrogens is 220 g/mol. The number of hydrogen-bond donors (Lipinski definition) is 1. The van der Waals surface area contributed by atoms with Gasteiger partial charge in [0, 0.05) is 12.1 Å². The van der Waals surface area contributed by atoms with Crippen LogP contribution >= 0.6 is 0 Å². The highest BCUT2D eigenvalue weighted by Crippen LogP contribution is 2.22. The van der Waals surface area contributed by atoms with Gasteiger partial charge in [-0.3, -0.25) is 0 Å². The summed E-state index contributed by atoms with van der Waals surface area (Å²) in [4.78, 5) is 0.